The third kappa shape index (κ3) is 3.19. The van der Waals surface area contributed by atoms with Crippen molar-refractivity contribution in [3.8, 4) is 5.75 Å². The Hall–Kier alpha value is -1.20. The zero-order valence-corrected chi connectivity index (χ0v) is 12.3. The maximum absolute atomic E-state index is 13.0. The van der Waals surface area contributed by atoms with Crippen LogP contribution in [0, 0.1) is 11.3 Å². The van der Waals surface area contributed by atoms with E-state index in [1.165, 1.54) is 12.8 Å². The van der Waals surface area contributed by atoms with E-state index in [2.05, 4.69) is 10.1 Å². The predicted molar refractivity (Wildman–Crippen MR) is 77.3 cm³/mol. The molecule has 1 aromatic rings. The first kappa shape index (κ1) is 14.7. The number of nitrogens with one attached hydrogen (secondary N) is 1. The number of rotatable bonds is 5. The first-order valence-corrected chi connectivity index (χ1v) is 7.49. The van der Waals surface area contributed by atoms with E-state index in [4.69, 9.17) is 5.73 Å². The first-order chi connectivity index (χ1) is 9.89. The number of benzene rings is 1. The van der Waals surface area contributed by atoms with Gasteiger partial charge in [-0.05, 0) is 42.2 Å². The summed E-state index contributed by atoms with van der Waals surface area (Å²) in [5.41, 5.74) is 8.03. The molecule has 0 amide bonds. The topological polar surface area (TPSA) is 47.3 Å². The molecule has 0 unspecified atom stereocenters. The van der Waals surface area contributed by atoms with Crippen LogP contribution in [0.15, 0.2) is 18.2 Å². The lowest BCUT2D eigenvalue weighted by molar-refractivity contribution is -0.159. The summed E-state index contributed by atoms with van der Waals surface area (Å²) in [6.45, 7) is 3.24. The summed E-state index contributed by atoms with van der Waals surface area (Å²) >= 11 is 0. The molecule has 3 N–H and O–H groups in total. The van der Waals surface area contributed by atoms with Crippen LogP contribution in [0.4, 0.5) is 8.78 Å². The molecule has 1 saturated carbocycles. The normalized spacial score (nSPS) is 21.0. The minimum Gasteiger partial charge on any atom is -0.432 e. The monoisotopic (exact) mass is 296 g/mol. The molecule has 2 aliphatic rings. The van der Waals surface area contributed by atoms with Crippen LogP contribution in [0.25, 0.3) is 0 Å². The molecule has 21 heavy (non-hydrogen) atoms. The van der Waals surface area contributed by atoms with Crippen LogP contribution in [0.1, 0.15) is 30.9 Å². The maximum Gasteiger partial charge on any atom is 0.394 e. The minimum absolute atomic E-state index is 0.182. The van der Waals surface area contributed by atoms with Gasteiger partial charge < -0.3 is 15.8 Å². The molecule has 0 radical (unpaired) electrons. The lowest BCUT2D eigenvalue weighted by atomic mass is 9.57. The van der Waals surface area contributed by atoms with Crippen molar-refractivity contribution in [2.45, 2.75) is 38.8 Å². The van der Waals surface area contributed by atoms with Crippen LogP contribution in [0.3, 0.4) is 0 Å². The van der Waals surface area contributed by atoms with Gasteiger partial charge in [0, 0.05) is 32.1 Å². The summed E-state index contributed by atoms with van der Waals surface area (Å²) < 4.78 is 30.6. The van der Waals surface area contributed by atoms with E-state index < -0.39 is 6.11 Å². The van der Waals surface area contributed by atoms with Crippen molar-refractivity contribution in [2.24, 2.45) is 17.1 Å². The second-order valence-electron chi connectivity index (χ2n) is 6.64. The van der Waals surface area contributed by atoms with E-state index in [1.807, 2.05) is 12.1 Å². The van der Waals surface area contributed by atoms with Crippen molar-refractivity contribution >= 4 is 0 Å². The predicted octanol–water partition coefficient (Wildman–Crippen LogP) is 2.68. The standard InChI is InChI=1S/C16H22F2N2O/c1-15(17,18)21-14-3-2-11(5-13(14)8-19)4-12-6-16(7-12)9-20-10-16/h2-3,5,12,20H,4,6-10,19H2,1H3. The van der Waals surface area contributed by atoms with Crippen LogP contribution in [-0.4, -0.2) is 19.2 Å². The van der Waals surface area contributed by atoms with Crippen LogP contribution in [-0.2, 0) is 13.0 Å². The Morgan fingerprint density at radius 2 is 2.10 bits per heavy atom. The molecule has 0 atom stereocenters. The van der Waals surface area contributed by atoms with Crippen molar-refractivity contribution in [1.82, 2.24) is 5.32 Å². The van der Waals surface area contributed by atoms with Crippen molar-refractivity contribution in [3.63, 3.8) is 0 Å². The molecule has 1 heterocycles. The smallest absolute Gasteiger partial charge is 0.394 e. The summed E-state index contributed by atoms with van der Waals surface area (Å²) in [5, 5.41) is 3.33. The summed E-state index contributed by atoms with van der Waals surface area (Å²) in [7, 11) is 0. The lowest BCUT2D eigenvalue weighted by Crippen LogP contribution is -2.60. The van der Waals surface area contributed by atoms with E-state index in [-0.39, 0.29) is 12.3 Å². The quantitative estimate of drug-likeness (QED) is 0.878. The molecule has 5 heteroatoms. The molecule has 3 nitrogen and oxygen atoms in total. The fourth-order valence-corrected chi connectivity index (χ4v) is 3.62. The molecular formula is C16H22F2N2O. The van der Waals surface area contributed by atoms with Crippen LogP contribution in [0.5, 0.6) is 5.75 Å². The van der Waals surface area contributed by atoms with Crippen LogP contribution in [0.2, 0.25) is 0 Å². The van der Waals surface area contributed by atoms with Gasteiger partial charge in [-0.3, -0.25) is 0 Å². The van der Waals surface area contributed by atoms with Gasteiger partial charge in [0.25, 0.3) is 0 Å². The molecular weight excluding hydrogens is 274 g/mol. The van der Waals surface area contributed by atoms with Crippen LogP contribution >= 0.6 is 0 Å². The molecule has 1 aliphatic carbocycles. The number of ether oxygens (including phenoxy) is 1. The minimum atomic E-state index is -3.18. The maximum atomic E-state index is 13.0. The van der Waals surface area contributed by atoms with Crippen molar-refractivity contribution in [1.29, 1.82) is 0 Å². The Labute approximate surface area is 123 Å². The third-order valence-electron chi connectivity index (χ3n) is 4.60. The van der Waals surface area contributed by atoms with Gasteiger partial charge in [-0.25, -0.2) is 0 Å². The molecule has 3 rings (SSSR count). The van der Waals surface area contributed by atoms with Gasteiger partial charge in [-0.15, -0.1) is 0 Å². The summed E-state index contributed by atoms with van der Waals surface area (Å²) in [6, 6.07) is 5.41. The second-order valence-corrected chi connectivity index (χ2v) is 6.64. The zero-order valence-electron chi connectivity index (χ0n) is 12.3. The zero-order chi connectivity index (χ0) is 15.1. The summed E-state index contributed by atoms with van der Waals surface area (Å²) in [5.74, 6) is 0.888. The van der Waals surface area contributed by atoms with E-state index in [0.29, 0.717) is 16.9 Å². The van der Waals surface area contributed by atoms with E-state index in [1.54, 1.807) is 6.07 Å². The van der Waals surface area contributed by atoms with E-state index >= 15 is 0 Å². The van der Waals surface area contributed by atoms with Gasteiger partial charge in [-0.1, -0.05) is 12.1 Å². The third-order valence-corrected chi connectivity index (χ3v) is 4.60. The van der Waals surface area contributed by atoms with Gasteiger partial charge in [-0.2, -0.15) is 8.78 Å². The van der Waals surface area contributed by atoms with Gasteiger partial charge in [0.2, 0.25) is 0 Å². The van der Waals surface area contributed by atoms with Gasteiger partial charge >= 0.3 is 6.11 Å². The summed E-state index contributed by atoms with van der Waals surface area (Å²) in [4.78, 5) is 0. The van der Waals surface area contributed by atoms with Gasteiger partial charge in [0.05, 0.1) is 0 Å². The molecule has 1 spiro atoms. The highest BCUT2D eigenvalue weighted by molar-refractivity contribution is 5.38. The number of nitrogens with two attached hydrogens (primary N) is 1. The van der Waals surface area contributed by atoms with Crippen molar-refractivity contribution in [2.75, 3.05) is 13.1 Å². The van der Waals surface area contributed by atoms with Gasteiger partial charge in [0.15, 0.2) is 0 Å². The fraction of sp³-hybridized carbons (Fsp3) is 0.625. The number of halogens is 2. The van der Waals surface area contributed by atoms with Crippen molar-refractivity contribution < 1.29 is 13.5 Å². The second kappa shape index (κ2) is 5.21. The average molecular weight is 296 g/mol. The molecule has 0 bridgehead atoms. The highest BCUT2D eigenvalue weighted by Gasteiger charge is 2.47. The molecule has 0 aromatic heterocycles. The first-order valence-electron chi connectivity index (χ1n) is 7.49. The largest absolute Gasteiger partial charge is 0.432 e. The molecule has 1 aliphatic heterocycles. The number of alkyl halides is 2. The highest BCUT2D eigenvalue weighted by Crippen LogP contribution is 2.49. The van der Waals surface area contributed by atoms with E-state index in [0.717, 1.165) is 32.0 Å². The molecule has 1 aromatic carbocycles. The average Bonchev–Trinajstić information content (AvgIpc) is 2.30. The van der Waals surface area contributed by atoms with Crippen molar-refractivity contribution in [3.05, 3.63) is 29.3 Å². The van der Waals surface area contributed by atoms with Gasteiger partial charge in [0.1, 0.15) is 5.75 Å². The Morgan fingerprint density at radius 3 is 2.62 bits per heavy atom. The Balaban J connectivity index is 1.64. The SMILES string of the molecule is CC(F)(F)Oc1ccc(CC2CC3(CNC3)C2)cc1CN. The molecule has 1 saturated heterocycles. The Bertz CT molecular complexity index is 515. The molecule has 116 valence electrons. The fourth-order valence-electron chi connectivity index (χ4n) is 3.62. The lowest BCUT2D eigenvalue weighted by Gasteiger charge is -2.54. The Kier molecular flexibility index (Phi) is 3.66. The number of hydrogen-bond acceptors (Lipinski definition) is 3. The van der Waals surface area contributed by atoms with E-state index in [9.17, 15) is 8.78 Å². The number of hydrogen-bond donors (Lipinski definition) is 2. The highest BCUT2D eigenvalue weighted by atomic mass is 19.3. The van der Waals surface area contributed by atoms with Crippen LogP contribution < -0.4 is 15.8 Å². The summed E-state index contributed by atoms with van der Waals surface area (Å²) in [6.07, 6.45) is 0.354. The Morgan fingerprint density at radius 1 is 1.38 bits per heavy atom. The molecule has 2 fully saturated rings.